The Morgan fingerprint density at radius 2 is 1.90 bits per heavy atom. The first-order chi connectivity index (χ1) is 14.7. The SMILES string of the molecule is CCC(N)(Cc1ccc(OCC2CN(c3ccc(C(=N)N)cc3)C(=O)O2)cc1)C(=O)O. The standard InChI is InChI=1S/C22H26N4O5/c1-2-22(25,20(27)28)11-14-3-9-17(10-4-14)30-13-18-12-26(21(29)31-18)16-7-5-15(6-8-16)19(23)24/h3-10,18H,2,11-13,25H2,1H3,(H3,23,24)(H,27,28). The number of cyclic esters (lactones) is 1. The van der Waals surface area contributed by atoms with E-state index in [0.717, 1.165) is 5.56 Å². The van der Waals surface area contributed by atoms with Crippen molar-refractivity contribution in [3.8, 4) is 5.75 Å². The van der Waals surface area contributed by atoms with E-state index in [1.165, 1.54) is 4.90 Å². The molecule has 1 aliphatic rings. The summed E-state index contributed by atoms with van der Waals surface area (Å²) in [6.45, 7) is 2.26. The number of carbonyl (C=O) groups excluding carboxylic acids is 1. The van der Waals surface area contributed by atoms with Gasteiger partial charge in [0.1, 0.15) is 23.7 Å². The fourth-order valence-corrected chi connectivity index (χ4v) is 3.25. The van der Waals surface area contributed by atoms with Crippen LogP contribution in [0.25, 0.3) is 0 Å². The van der Waals surface area contributed by atoms with Crippen LogP contribution < -0.4 is 21.1 Å². The van der Waals surface area contributed by atoms with Gasteiger partial charge in [-0.05, 0) is 48.4 Å². The normalized spacial score (nSPS) is 17.7. The van der Waals surface area contributed by atoms with Gasteiger partial charge in [0.2, 0.25) is 0 Å². The van der Waals surface area contributed by atoms with E-state index < -0.39 is 23.7 Å². The molecule has 2 unspecified atom stereocenters. The summed E-state index contributed by atoms with van der Waals surface area (Å²) in [6.07, 6.45) is -0.367. The number of nitrogen functional groups attached to an aromatic ring is 1. The molecule has 1 amide bonds. The first kappa shape index (κ1) is 22.1. The van der Waals surface area contributed by atoms with Crippen molar-refractivity contribution < 1.29 is 24.2 Å². The Hall–Kier alpha value is -3.59. The number of aliphatic carboxylic acids is 1. The third kappa shape index (κ3) is 5.13. The van der Waals surface area contributed by atoms with Crippen molar-refractivity contribution in [1.29, 1.82) is 5.41 Å². The number of nitrogens with one attached hydrogen (secondary N) is 1. The third-order valence-corrected chi connectivity index (χ3v) is 5.30. The highest BCUT2D eigenvalue weighted by Gasteiger charge is 2.33. The lowest BCUT2D eigenvalue weighted by Crippen LogP contribution is -2.49. The van der Waals surface area contributed by atoms with Gasteiger partial charge in [0.15, 0.2) is 6.10 Å². The fourth-order valence-electron chi connectivity index (χ4n) is 3.25. The summed E-state index contributed by atoms with van der Waals surface area (Å²) in [5, 5.41) is 16.7. The molecule has 1 fully saturated rings. The predicted octanol–water partition coefficient (Wildman–Crippen LogP) is 2.11. The van der Waals surface area contributed by atoms with Crippen LogP contribution in [-0.2, 0) is 16.0 Å². The minimum Gasteiger partial charge on any atom is -0.490 e. The van der Waals surface area contributed by atoms with E-state index in [0.29, 0.717) is 30.0 Å². The number of anilines is 1. The first-order valence-corrected chi connectivity index (χ1v) is 9.88. The highest BCUT2D eigenvalue weighted by Crippen LogP contribution is 2.23. The first-order valence-electron chi connectivity index (χ1n) is 9.88. The Bertz CT molecular complexity index is 961. The van der Waals surface area contributed by atoms with Crippen LogP contribution in [0.4, 0.5) is 10.5 Å². The number of hydrogen-bond acceptors (Lipinski definition) is 6. The van der Waals surface area contributed by atoms with Crippen LogP contribution in [0.5, 0.6) is 5.75 Å². The summed E-state index contributed by atoms with van der Waals surface area (Å²) in [5.74, 6) is -0.486. The van der Waals surface area contributed by atoms with E-state index in [1.807, 2.05) is 0 Å². The zero-order valence-electron chi connectivity index (χ0n) is 17.2. The number of nitrogens with zero attached hydrogens (tertiary/aromatic N) is 1. The highest BCUT2D eigenvalue weighted by atomic mass is 16.6. The molecule has 1 aliphatic heterocycles. The molecular weight excluding hydrogens is 400 g/mol. The molecule has 1 saturated heterocycles. The summed E-state index contributed by atoms with van der Waals surface area (Å²) in [4.78, 5) is 25.1. The second-order valence-corrected chi connectivity index (χ2v) is 7.52. The Morgan fingerprint density at radius 3 is 2.45 bits per heavy atom. The Kier molecular flexibility index (Phi) is 6.45. The molecule has 164 valence electrons. The summed E-state index contributed by atoms with van der Waals surface area (Å²) in [7, 11) is 0. The average Bonchev–Trinajstić information content (AvgIpc) is 3.13. The number of hydrogen-bond donors (Lipinski definition) is 4. The molecule has 0 aromatic heterocycles. The van der Waals surface area contributed by atoms with Gasteiger partial charge in [0.05, 0.1) is 6.54 Å². The van der Waals surface area contributed by atoms with Crippen LogP contribution in [0.15, 0.2) is 48.5 Å². The smallest absolute Gasteiger partial charge is 0.414 e. The molecule has 2 aromatic rings. The van der Waals surface area contributed by atoms with Crippen LogP contribution >= 0.6 is 0 Å². The summed E-state index contributed by atoms with van der Waals surface area (Å²) in [6, 6.07) is 13.8. The predicted molar refractivity (Wildman–Crippen MR) is 116 cm³/mol. The van der Waals surface area contributed by atoms with Crippen molar-refractivity contribution in [3.05, 3.63) is 59.7 Å². The van der Waals surface area contributed by atoms with E-state index >= 15 is 0 Å². The second-order valence-electron chi connectivity index (χ2n) is 7.52. The summed E-state index contributed by atoms with van der Waals surface area (Å²) >= 11 is 0. The van der Waals surface area contributed by atoms with Gasteiger partial charge < -0.3 is 26.0 Å². The lowest BCUT2D eigenvalue weighted by atomic mass is 9.89. The van der Waals surface area contributed by atoms with Crippen LogP contribution in [-0.4, -0.2) is 47.8 Å². The minimum absolute atomic E-state index is 0.0392. The number of amidine groups is 1. The maximum atomic E-state index is 12.2. The number of carboxylic acids is 1. The third-order valence-electron chi connectivity index (χ3n) is 5.30. The monoisotopic (exact) mass is 426 g/mol. The van der Waals surface area contributed by atoms with E-state index in [9.17, 15) is 14.7 Å². The lowest BCUT2D eigenvalue weighted by molar-refractivity contribution is -0.143. The van der Waals surface area contributed by atoms with Gasteiger partial charge in [0.25, 0.3) is 0 Å². The molecule has 0 spiro atoms. The maximum Gasteiger partial charge on any atom is 0.414 e. The molecule has 0 radical (unpaired) electrons. The largest absolute Gasteiger partial charge is 0.490 e. The van der Waals surface area contributed by atoms with Gasteiger partial charge >= 0.3 is 12.1 Å². The van der Waals surface area contributed by atoms with Gasteiger partial charge in [-0.15, -0.1) is 0 Å². The topological polar surface area (TPSA) is 152 Å². The summed E-state index contributed by atoms with van der Waals surface area (Å²) in [5.41, 5.74) is 12.1. The van der Waals surface area contributed by atoms with Crippen molar-refractivity contribution >= 4 is 23.6 Å². The van der Waals surface area contributed by atoms with Crippen LogP contribution in [0.3, 0.4) is 0 Å². The molecule has 1 heterocycles. The lowest BCUT2D eigenvalue weighted by Gasteiger charge is -2.23. The van der Waals surface area contributed by atoms with Gasteiger partial charge in [-0.25, -0.2) is 4.79 Å². The fraction of sp³-hybridized carbons (Fsp3) is 0.318. The Balaban J connectivity index is 1.55. The second kappa shape index (κ2) is 9.05. The number of carbonyl (C=O) groups is 2. The minimum atomic E-state index is -1.30. The molecule has 9 nitrogen and oxygen atoms in total. The molecule has 0 saturated carbocycles. The number of carboxylic acid groups (broad SMARTS) is 1. The summed E-state index contributed by atoms with van der Waals surface area (Å²) < 4.78 is 11.1. The molecule has 6 N–H and O–H groups in total. The van der Waals surface area contributed by atoms with Crippen LogP contribution in [0.2, 0.25) is 0 Å². The van der Waals surface area contributed by atoms with Crippen LogP contribution in [0.1, 0.15) is 24.5 Å². The van der Waals surface area contributed by atoms with E-state index in [4.69, 9.17) is 26.4 Å². The van der Waals surface area contributed by atoms with Gasteiger partial charge in [-0.3, -0.25) is 15.1 Å². The highest BCUT2D eigenvalue weighted by molar-refractivity contribution is 5.96. The number of benzene rings is 2. The zero-order valence-corrected chi connectivity index (χ0v) is 17.2. The van der Waals surface area contributed by atoms with Crippen molar-refractivity contribution in [2.75, 3.05) is 18.1 Å². The average molecular weight is 426 g/mol. The van der Waals surface area contributed by atoms with Crippen molar-refractivity contribution in [1.82, 2.24) is 0 Å². The molecule has 9 heteroatoms. The molecule has 2 atom stereocenters. The Labute approximate surface area is 180 Å². The number of nitrogens with two attached hydrogens (primary N) is 2. The molecule has 31 heavy (non-hydrogen) atoms. The zero-order chi connectivity index (χ0) is 22.6. The number of rotatable bonds is 9. The van der Waals surface area contributed by atoms with E-state index in [2.05, 4.69) is 0 Å². The molecule has 0 aliphatic carbocycles. The molecule has 0 bridgehead atoms. The molecule has 3 rings (SSSR count). The van der Waals surface area contributed by atoms with Gasteiger partial charge in [0, 0.05) is 17.7 Å². The number of ether oxygens (including phenoxy) is 2. The molecule has 2 aromatic carbocycles. The van der Waals surface area contributed by atoms with E-state index in [-0.39, 0.29) is 18.9 Å². The van der Waals surface area contributed by atoms with Gasteiger partial charge in [-0.2, -0.15) is 0 Å². The quantitative estimate of drug-likeness (QED) is 0.354. The van der Waals surface area contributed by atoms with Crippen molar-refractivity contribution in [2.24, 2.45) is 11.5 Å². The van der Waals surface area contributed by atoms with Crippen molar-refractivity contribution in [3.63, 3.8) is 0 Å². The maximum absolute atomic E-state index is 12.2. The van der Waals surface area contributed by atoms with Crippen LogP contribution in [0, 0.1) is 5.41 Å². The Morgan fingerprint density at radius 1 is 1.26 bits per heavy atom. The van der Waals surface area contributed by atoms with Crippen molar-refractivity contribution in [2.45, 2.75) is 31.4 Å². The van der Waals surface area contributed by atoms with Gasteiger partial charge in [-0.1, -0.05) is 19.1 Å². The molecular formula is C22H26N4O5. The number of amides is 1. The van der Waals surface area contributed by atoms with E-state index in [1.54, 1.807) is 55.5 Å².